The fraction of sp³-hybridized carbons (Fsp3) is 0.875. The van der Waals surface area contributed by atoms with Crippen LogP contribution in [0.3, 0.4) is 0 Å². The van der Waals surface area contributed by atoms with Crippen LogP contribution in [0.4, 0.5) is 14.4 Å². The van der Waals surface area contributed by atoms with Crippen LogP contribution in [0.5, 0.6) is 0 Å². The molecule has 0 spiro atoms. The monoisotopic (exact) mass is 524 g/mol. The molecule has 0 aromatic carbocycles. The molecule has 0 saturated carbocycles. The zero-order chi connectivity index (χ0) is 28.0. The third-order valence-corrected chi connectivity index (χ3v) is 5.87. The van der Waals surface area contributed by atoms with Gasteiger partial charge in [0.15, 0.2) is 0 Å². The Morgan fingerprint density at radius 1 is 0.500 bits per heavy atom. The summed E-state index contributed by atoms with van der Waals surface area (Å²) in [4.78, 5) is 66.0. The molecule has 0 aliphatic heterocycles. The maximum atomic E-state index is 12.5. The van der Waals surface area contributed by atoms with Crippen molar-refractivity contribution in [1.82, 2.24) is 0 Å². The van der Waals surface area contributed by atoms with Gasteiger partial charge in [-0.1, -0.05) is 27.7 Å². The van der Waals surface area contributed by atoms with Crippen LogP contribution in [0.2, 0.25) is 0 Å². The van der Waals surface area contributed by atoms with Gasteiger partial charge >= 0.3 is 18.5 Å². The SMILES string of the molecule is CCCOOC(=O)OC(C)(C)C(CC)(C(C)(C)OC(=O)OOCCC)C(C)(C)OC(=O)OOCCC. The fourth-order valence-corrected chi connectivity index (χ4v) is 4.91. The molecule has 0 fully saturated rings. The molecule has 0 rings (SSSR count). The Balaban J connectivity index is 6.32. The van der Waals surface area contributed by atoms with Gasteiger partial charge in [0.05, 0.1) is 25.2 Å². The lowest BCUT2D eigenvalue weighted by atomic mass is 9.54. The smallest absolute Gasteiger partial charge is 0.425 e. The van der Waals surface area contributed by atoms with Gasteiger partial charge in [-0.3, -0.25) is 14.7 Å². The summed E-state index contributed by atoms with van der Waals surface area (Å²) in [5.41, 5.74) is -5.89. The minimum atomic E-state index is -1.49. The van der Waals surface area contributed by atoms with Gasteiger partial charge in [-0.25, -0.2) is 14.4 Å². The highest BCUT2D eigenvalue weighted by molar-refractivity contribution is 5.62. The summed E-state index contributed by atoms with van der Waals surface area (Å²) in [6, 6.07) is 0. The van der Waals surface area contributed by atoms with Crippen molar-refractivity contribution >= 4 is 18.5 Å². The van der Waals surface area contributed by atoms with Gasteiger partial charge < -0.3 is 14.2 Å². The van der Waals surface area contributed by atoms with Crippen LogP contribution >= 0.6 is 0 Å². The van der Waals surface area contributed by atoms with Gasteiger partial charge in [0, 0.05) is 0 Å². The maximum Gasteiger partial charge on any atom is 0.541 e. The van der Waals surface area contributed by atoms with Crippen molar-refractivity contribution < 1.29 is 57.9 Å². The molecule has 0 aliphatic carbocycles. The lowest BCUT2D eigenvalue weighted by molar-refractivity contribution is -0.311. The normalized spacial score (nSPS) is 12.5. The molecule has 0 aliphatic rings. The van der Waals surface area contributed by atoms with Crippen molar-refractivity contribution in [1.29, 1.82) is 0 Å². The second-order valence-electron chi connectivity index (χ2n) is 9.56. The summed E-state index contributed by atoms with van der Waals surface area (Å²) in [5.74, 6) is 0. The van der Waals surface area contributed by atoms with E-state index in [9.17, 15) is 14.4 Å². The van der Waals surface area contributed by atoms with Crippen LogP contribution < -0.4 is 0 Å². The van der Waals surface area contributed by atoms with Crippen molar-refractivity contribution in [3.63, 3.8) is 0 Å². The zero-order valence-electron chi connectivity index (χ0n) is 23.3. The lowest BCUT2D eigenvalue weighted by Gasteiger charge is -2.59. The minimum Gasteiger partial charge on any atom is -0.425 e. The van der Waals surface area contributed by atoms with Crippen LogP contribution in [0.15, 0.2) is 0 Å². The Labute approximate surface area is 213 Å². The van der Waals surface area contributed by atoms with Gasteiger partial charge in [0.2, 0.25) is 0 Å². The van der Waals surface area contributed by atoms with Crippen molar-refractivity contribution in [3.05, 3.63) is 0 Å². The molecule has 0 aromatic heterocycles. The molecule has 36 heavy (non-hydrogen) atoms. The highest BCUT2D eigenvalue weighted by atomic mass is 17.2. The predicted molar refractivity (Wildman–Crippen MR) is 126 cm³/mol. The molecule has 0 bridgehead atoms. The topological polar surface area (TPSA) is 134 Å². The largest absolute Gasteiger partial charge is 0.541 e. The van der Waals surface area contributed by atoms with Gasteiger partial charge in [0.1, 0.15) is 16.8 Å². The Kier molecular flexibility index (Phi) is 14.1. The van der Waals surface area contributed by atoms with Gasteiger partial charge in [-0.2, -0.15) is 14.7 Å². The molecule has 0 unspecified atom stereocenters. The summed E-state index contributed by atoms with van der Waals surface area (Å²) in [7, 11) is 0. The zero-order valence-corrected chi connectivity index (χ0v) is 23.3. The number of ether oxygens (including phenoxy) is 3. The summed E-state index contributed by atoms with van der Waals surface area (Å²) in [6.45, 7) is 17.2. The molecule has 0 saturated heterocycles. The average molecular weight is 525 g/mol. The molecular formula is C24H44O12. The van der Waals surface area contributed by atoms with E-state index in [1.54, 1.807) is 48.5 Å². The van der Waals surface area contributed by atoms with Gasteiger partial charge in [0.25, 0.3) is 0 Å². The van der Waals surface area contributed by atoms with Gasteiger partial charge in [-0.15, -0.1) is 0 Å². The van der Waals surface area contributed by atoms with E-state index < -0.39 is 40.7 Å². The third kappa shape index (κ3) is 8.97. The van der Waals surface area contributed by atoms with E-state index in [-0.39, 0.29) is 26.2 Å². The van der Waals surface area contributed by atoms with E-state index in [0.29, 0.717) is 19.3 Å². The van der Waals surface area contributed by atoms with Crippen molar-refractivity contribution in [3.8, 4) is 0 Å². The molecule has 12 nitrogen and oxygen atoms in total. The second kappa shape index (κ2) is 15.1. The summed E-state index contributed by atoms with van der Waals surface area (Å²) < 4.78 is 17.0. The van der Waals surface area contributed by atoms with Crippen LogP contribution in [0, 0.1) is 5.41 Å². The standard InChI is InChI=1S/C24H44O12/c1-11-15-28-34-18(25)31-21(5,6)24(14-4,22(7,8)32-19(26)35-29-16-12-2)23(9,10)33-20(27)36-30-17-13-3/h11-17H2,1-10H3. The van der Waals surface area contributed by atoms with Crippen LogP contribution in [-0.2, 0) is 43.5 Å². The first-order chi connectivity index (χ1) is 16.7. The van der Waals surface area contributed by atoms with Crippen molar-refractivity contribution in [2.75, 3.05) is 19.8 Å². The van der Waals surface area contributed by atoms with E-state index in [1.807, 2.05) is 20.8 Å². The predicted octanol–water partition coefficient (Wildman–Crippen LogP) is 6.20. The summed E-state index contributed by atoms with van der Waals surface area (Å²) in [5, 5.41) is 0. The molecule has 12 heteroatoms. The lowest BCUT2D eigenvalue weighted by Crippen LogP contribution is -2.70. The second-order valence-corrected chi connectivity index (χ2v) is 9.56. The van der Waals surface area contributed by atoms with E-state index in [4.69, 9.17) is 43.5 Å². The van der Waals surface area contributed by atoms with E-state index in [0.717, 1.165) is 0 Å². The van der Waals surface area contributed by atoms with Crippen LogP contribution in [0.1, 0.15) is 94.9 Å². The first-order valence-electron chi connectivity index (χ1n) is 12.2. The van der Waals surface area contributed by atoms with Gasteiger partial charge in [-0.05, 0) is 67.2 Å². The number of carbonyl (C=O) groups excluding carboxylic acids is 3. The molecule has 212 valence electrons. The maximum absolute atomic E-state index is 12.5. The Morgan fingerprint density at radius 3 is 0.944 bits per heavy atom. The first-order valence-corrected chi connectivity index (χ1v) is 12.2. The Bertz CT molecular complexity index is 598. The molecule has 0 radical (unpaired) electrons. The van der Waals surface area contributed by atoms with E-state index in [1.165, 1.54) is 0 Å². The van der Waals surface area contributed by atoms with Crippen molar-refractivity contribution in [2.24, 2.45) is 5.41 Å². The molecule has 0 heterocycles. The molecule has 0 amide bonds. The van der Waals surface area contributed by atoms with Crippen LogP contribution in [0.25, 0.3) is 0 Å². The third-order valence-electron chi connectivity index (χ3n) is 5.87. The molecule has 0 atom stereocenters. The number of hydrogen-bond acceptors (Lipinski definition) is 12. The highest BCUT2D eigenvalue weighted by Crippen LogP contribution is 2.56. The quantitative estimate of drug-likeness (QED) is 0.0747. The molecular weight excluding hydrogens is 480 g/mol. The first kappa shape index (κ1) is 33.7. The minimum absolute atomic E-state index is 0.171. The Morgan fingerprint density at radius 2 is 0.750 bits per heavy atom. The molecule has 0 aromatic rings. The number of carbonyl (C=O) groups is 3. The molecule has 0 N–H and O–H groups in total. The van der Waals surface area contributed by atoms with Crippen molar-refractivity contribution in [2.45, 2.75) is 112 Å². The van der Waals surface area contributed by atoms with Crippen LogP contribution in [-0.4, -0.2) is 55.1 Å². The summed E-state index contributed by atoms with van der Waals surface area (Å²) in [6.07, 6.45) is -1.36. The number of hydrogen-bond donors (Lipinski definition) is 0. The fourth-order valence-electron chi connectivity index (χ4n) is 4.91. The average Bonchev–Trinajstić information content (AvgIpc) is 2.73. The Hall–Kier alpha value is -2.31. The number of rotatable bonds is 16. The van der Waals surface area contributed by atoms with E-state index >= 15 is 0 Å². The highest BCUT2D eigenvalue weighted by Gasteiger charge is 2.68. The summed E-state index contributed by atoms with van der Waals surface area (Å²) >= 11 is 0. The van der Waals surface area contributed by atoms with E-state index in [2.05, 4.69) is 0 Å².